The second-order valence-corrected chi connectivity index (χ2v) is 7.43. The maximum absolute atomic E-state index is 13.0. The second kappa shape index (κ2) is 8.58. The van der Waals surface area contributed by atoms with Gasteiger partial charge >= 0.3 is 18.3 Å². The number of rotatable bonds is 6. The summed E-state index contributed by atoms with van der Waals surface area (Å²) in [4.78, 5) is 24.2. The van der Waals surface area contributed by atoms with Crippen molar-refractivity contribution in [2.75, 3.05) is 7.11 Å². The normalized spacial score (nSPS) is 20.2. The van der Waals surface area contributed by atoms with Gasteiger partial charge in [-0.1, -0.05) is 12.1 Å². The van der Waals surface area contributed by atoms with Crippen LogP contribution in [0.4, 0.5) is 26.3 Å². The minimum absolute atomic E-state index is 0.0175. The number of methoxy groups -OCH3 is 1. The predicted octanol–water partition coefficient (Wildman–Crippen LogP) is 4.24. The summed E-state index contributed by atoms with van der Waals surface area (Å²) in [5, 5.41) is 8.87. The first-order valence-electron chi connectivity index (χ1n) is 9.37. The van der Waals surface area contributed by atoms with Gasteiger partial charge < -0.3 is 9.47 Å². The van der Waals surface area contributed by atoms with Crippen LogP contribution < -0.4 is 10.2 Å². The molecule has 12 heteroatoms. The molecule has 1 aliphatic rings. The van der Waals surface area contributed by atoms with Crippen LogP contribution in [0, 0.1) is 5.92 Å². The Morgan fingerprint density at radius 1 is 1.06 bits per heavy atom. The minimum Gasteiger partial charge on any atom is -0.489 e. The fourth-order valence-electron chi connectivity index (χ4n) is 3.63. The molecule has 178 valence electrons. The summed E-state index contributed by atoms with van der Waals surface area (Å²) in [5.74, 6) is -2.45. The number of ether oxygens (including phenoxy) is 2. The third-order valence-electron chi connectivity index (χ3n) is 5.34. The van der Waals surface area contributed by atoms with E-state index in [4.69, 9.17) is 14.7 Å². The van der Waals surface area contributed by atoms with Crippen LogP contribution in [0.5, 0.6) is 5.75 Å². The van der Waals surface area contributed by atoms with Crippen molar-refractivity contribution in [2.24, 2.45) is 5.92 Å². The van der Waals surface area contributed by atoms with Crippen molar-refractivity contribution < 1.29 is 50.6 Å². The van der Waals surface area contributed by atoms with Crippen molar-refractivity contribution in [2.45, 2.75) is 30.8 Å². The molecule has 2 N–H and O–H groups in total. The van der Waals surface area contributed by atoms with E-state index < -0.39 is 53.3 Å². The number of alkyl halides is 6. The number of halogens is 6. The van der Waals surface area contributed by atoms with Gasteiger partial charge in [-0.2, -0.15) is 26.3 Å². The molecule has 2 atom stereocenters. The second-order valence-electron chi connectivity index (χ2n) is 7.43. The zero-order valence-electron chi connectivity index (χ0n) is 16.9. The first-order valence-corrected chi connectivity index (χ1v) is 9.37. The Hall–Kier alpha value is -3.28. The van der Waals surface area contributed by atoms with Crippen molar-refractivity contribution in [3.8, 4) is 5.75 Å². The zero-order chi connectivity index (χ0) is 24.6. The lowest BCUT2D eigenvalue weighted by Crippen LogP contribution is -2.31. The van der Waals surface area contributed by atoms with E-state index in [1.54, 1.807) is 0 Å². The molecule has 1 saturated carbocycles. The van der Waals surface area contributed by atoms with E-state index >= 15 is 0 Å². The summed E-state index contributed by atoms with van der Waals surface area (Å²) >= 11 is 0. The molecule has 2 aromatic rings. The van der Waals surface area contributed by atoms with Crippen LogP contribution in [0.2, 0.25) is 0 Å². The van der Waals surface area contributed by atoms with Gasteiger partial charge in [0.15, 0.2) is 0 Å². The summed E-state index contributed by atoms with van der Waals surface area (Å²) in [6.07, 6.45) is -9.95. The van der Waals surface area contributed by atoms with Crippen molar-refractivity contribution in [1.29, 1.82) is 0 Å². The molecule has 0 spiro atoms. The lowest BCUT2D eigenvalue weighted by Gasteiger charge is -2.17. The van der Waals surface area contributed by atoms with Crippen molar-refractivity contribution in [3.63, 3.8) is 0 Å². The highest BCUT2D eigenvalue weighted by molar-refractivity contribution is 5.97. The largest absolute Gasteiger partial charge is 0.489 e. The average molecular weight is 477 g/mol. The Bertz CT molecular complexity index is 1040. The quantitative estimate of drug-likeness (QED) is 0.282. The third kappa shape index (κ3) is 4.90. The zero-order valence-corrected chi connectivity index (χ0v) is 16.9. The van der Waals surface area contributed by atoms with Crippen LogP contribution in [-0.2, 0) is 38.7 Å². The number of nitrogens with one attached hydrogen (secondary N) is 1. The van der Waals surface area contributed by atoms with Crippen LogP contribution in [0.15, 0.2) is 42.5 Å². The van der Waals surface area contributed by atoms with E-state index in [1.807, 2.05) is 0 Å². The standard InChI is InChI=1S/C21H17F6NO5/c1-32-18(30)19(9-16(19)17(29)28-31)12-3-2-4-15(8-12)33-10-11-5-13(20(22,23)24)7-14(6-11)21(25,26)27/h2-8,16,31H,9-10H2,1H3,(H,28,29)/t16-,19-/m1/s1. The first kappa shape index (κ1) is 24.4. The van der Waals surface area contributed by atoms with Gasteiger partial charge in [-0.15, -0.1) is 0 Å². The molecule has 1 amide bonds. The van der Waals surface area contributed by atoms with Gasteiger partial charge in [0.2, 0.25) is 5.91 Å². The molecule has 33 heavy (non-hydrogen) atoms. The highest BCUT2D eigenvalue weighted by Gasteiger charge is 2.65. The molecular formula is C21H17F6NO5. The summed E-state index contributed by atoms with van der Waals surface area (Å²) in [6, 6.07) is 6.77. The summed E-state index contributed by atoms with van der Waals surface area (Å²) in [7, 11) is 1.11. The fraction of sp³-hybridized carbons (Fsp3) is 0.333. The van der Waals surface area contributed by atoms with Crippen LogP contribution in [0.1, 0.15) is 28.7 Å². The SMILES string of the molecule is COC(=O)[C@@]1(c2cccc(OCc3cc(C(F)(F)F)cc(C(F)(F)F)c3)c2)C[C@@H]1C(=O)NO. The molecule has 1 fully saturated rings. The van der Waals surface area contributed by atoms with Crippen molar-refractivity contribution in [3.05, 3.63) is 64.7 Å². The molecule has 0 radical (unpaired) electrons. The number of carbonyl (C=O) groups excluding carboxylic acids is 2. The van der Waals surface area contributed by atoms with Gasteiger partial charge in [0, 0.05) is 0 Å². The lowest BCUT2D eigenvalue weighted by molar-refractivity contribution is -0.146. The van der Waals surface area contributed by atoms with Crippen LogP contribution in [-0.4, -0.2) is 24.2 Å². The van der Waals surface area contributed by atoms with Crippen molar-refractivity contribution in [1.82, 2.24) is 5.48 Å². The Balaban J connectivity index is 1.88. The lowest BCUT2D eigenvalue weighted by atomic mass is 9.92. The number of carbonyl (C=O) groups is 2. The maximum Gasteiger partial charge on any atom is 0.416 e. The third-order valence-corrected chi connectivity index (χ3v) is 5.34. The molecular weight excluding hydrogens is 460 g/mol. The smallest absolute Gasteiger partial charge is 0.416 e. The molecule has 0 heterocycles. The Kier molecular flexibility index (Phi) is 6.33. The molecule has 1 aliphatic carbocycles. The number of hydroxylamine groups is 1. The molecule has 0 aromatic heterocycles. The summed E-state index contributed by atoms with van der Waals surface area (Å²) < 4.78 is 88.3. The molecule has 6 nitrogen and oxygen atoms in total. The van der Waals surface area contributed by atoms with E-state index in [0.717, 1.165) is 7.11 Å². The van der Waals surface area contributed by atoms with Crippen LogP contribution in [0.25, 0.3) is 0 Å². The molecule has 0 aliphatic heterocycles. The summed E-state index contributed by atoms with van der Waals surface area (Å²) in [5.41, 5.74) is -2.96. The Morgan fingerprint density at radius 2 is 1.67 bits per heavy atom. The summed E-state index contributed by atoms with van der Waals surface area (Å²) in [6.45, 7) is -0.623. The minimum atomic E-state index is -4.99. The van der Waals surface area contributed by atoms with Crippen LogP contribution in [0.3, 0.4) is 0 Å². The van der Waals surface area contributed by atoms with Gasteiger partial charge in [-0.05, 0) is 47.9 Å². The van der Waals surface area contributed by atoms with Gasteiger partial charge in [-0.25, -0.2) is 5.48 Å². The highest BCUT2D eigenvalue weighted by Crippen LogP contribution is 2.55. The topological polar surface area (TPSA) is 84.9 Å². The number of hydrogen-bond acceptors (Lipinski definition) is 5. The molecule has 0 unspecified atom stereocenters. The molecule has 3 rings (SSSR count). The number of benzene rings is 2. The molecule has 0 saturated heterocycles. The molecule has 0 bridgehead atoms. The Labute approximate surface area is 183 Å². The van der Waals surface area contributed by atoms with E-state index in [9.17, 15) is 35.9 Å². The van der Waals surface area contributed by atoms with Gasteiger partial charge in [0.25, 0.3) is 0 Å². The van der Waals surface area contributed by atoms with E-state index in [-0.39, 0.29) is 29.4 Å². The first-order chi connectivity index (χ1) is 15.3. The van der Waals surface area contributed by atoms with Crippen molar-refractivity contribution >= 4 is 11.9 Å². The van der Waals surface area contributed by atoms with E-state index in [1.165, 1.54) is 29.7 Å². The average Bonchev–Trinajstić information content (AvgIpc) is 3.52. The van der Waals surface area contributed by atoms with Gasteiger partial charge in [-0.3, -0.25) is 14.8 Å². The van der Waals surface area contributed by atoms with Gasteiger partial charge in [0.1, 0.15) is 17.8 Å². The number of esters is 1. The number of amides is 1. The van der Waals surface area contributed by atoms with E-state index in [0.29, 0.717) is 12.1 Å². The Morgan fingerprint density at radius 3 is 2.18 bits per heavy atom. The predicted molar refractivity (Wildman–Crippen MR) is 99.0 cm³/mol. The molecule has 2 aromatic carbocycles. The van der Waals surface area contributed by atoms with Gasteiger partial charge in [0.05, 0.1) is 24.2 Å². The maximum atomic E-state index is 13.0. The van der Waals surface area contributed by atoms with Crippen LogP contribution >= 0.6 is 0 Å². The van der Waals surface area contributed by atoms with E-state index in [2.05, 4.69) is 0 Å². The monoisotopic (exact) mass is 477 g/mol. The highest BCUT2D eigenvalue weighted by atomic mass is 19.4. The number of hydrogen-bond donors (Lipinski definition) is 2. The fourth-order valence-corrected chi connectivity index (χ4v) is 3.63.